The summed E-state index contributed by atoms with van der Waals surface area (Å²) in [5, 5.41) is 0. The van der Waals surface area contributed by atoms with Crippen LogP contribution < -0.4 is 0 Å². The Morgan fingerprint density at radius 2 is 1.06 bits per heavy atom. The number of halogens is 2. The molecule has 0 heterocycles. The van der Waals surface area contributed by atoms with Gasteiger partial charge in [0.1, 0.15) is 0 Å². The molecule has 2 nitrogen and oxygen atoms in total. The third kappa shape index (κ3) is 8.92. The van der Waals surface area contributed by atoms with Gasteiger partial charge in [-0.25, -0.2) is 0 Å². The summed E-state index contributed by atoms with van der Waals surface area (Å²) >= 11 is 7.37. The molecule has 2 atom stereocenters. The SMILES string of the molecule is CCCCCCCCCCCCC1=C2C(=O)C3=C(C(=O)C2c2cc(Br)ccc21)C(CCCCCCCCCCCC)c1ccc(Br)cc13. The minimum absolute atomic E-state index is 0.0109. The molecule has 0 aliphatic heterocycles. The van der Waals surface area contributed by atoms with Crippen molar-refractivity contribution in [3.05, 3.63) is 78.7 Å². The summed E-state index contributed by atoms with van der Waals surface area (Å²) in [6.45, 7) is 4.55. The van der Waals surface area contributed by atoms with E-state index in [0.29, 0.717) is 5.57 Å². The van der Waals surface area contributed by atoms with Gasteiger partial charge in [-0.2, -0.15) is 0 Å². The van der Waals surface area contributed by atoms with E-state index in [2.05, 4.69) is 82.1 Å². The first-order chi connectivity index (χ1) is 23.5. The van der Waals surface area contributed by atoms with Crippen LogP contribution in [0.1, 0.15) is 189 Å². The molecule has 48 heavy (non-hydrogen) atoms. The fraction of sp³-hybridized carbons (Fsp3) is 0.591. The van der Waals surface area contributed by atoms with Crippen molar-refractivity contribution in [1.29, 1.82) is 0 Å². The van der Waals surface area contributed by atoms with Crippen molar-refractivity contribution in [3.8, 4) is 0 Å². The fourth-order valence-electron chi connectivity index (χ4n) is 8.61. The van der Waals surface area contributed by atoms with Crippen LogP contribution in [0.3, 0.4) is 0 Å². The Hall–Kier alpha value is -1.78. The average molecular weight is 779 g/mol. The summed E-state index contributed by atoms with van der Waals surface area (Å²) in [5.74, 6) is -0.179. The van der Waals surface area contributed by atoms with Gasteiger partial charge in [0.05, 0.1) is 5.92 Å². The highest BCUT2D eigenvalue weighted by Gasteiger charge is 2.50. The molecule has 0 aromatic heterocycles. The van der Waals surface area contributed by atoms with Gasteiger partial charge in [0, 0.05) is 31.6 Å². The van der Waals surface area contributed by atoms with Crippen molar-refractivity contribution >= 4 is 54.6 Å². The van der Waals surface area contributed by atoms with Gasteiger partial charge < -0.3 is 0 Å². The van der Waals surface area contributed by atoms with Crippen LogP contribution in [0.15, 0.2) is 56.5 Å². The smallest absolute Gasteiger partial charge is 0.191 e. The van der Waals surface area contributed by atoms with Gasteiger partial charge in [-0.05, 0) is 71.4 Å². The lowest BCUT2D eigenvalue weighted by Gasteiger charge is -2.26. The van der Waals surface area contributed by atoms with Gasteiger partial charge in [0.2, 0.25) is 0 Å². The predicted molar refractivity (Wildman–Crippen MR) is 211 cm³/mol. The van der Waals surface area contributed by atoms with Crippen molar-refractivity contribution in [3.63, 3.8) is 0 Å². The van der Waals surface area contributed by atoms with Crippen LogP contribution >= 0.6 is 31.9 Å². The van der Waals surface area contributed by atoms with E-state index >= 15 is 0 Å². The lowest BCUT2D eigenvalue weighted by molar-refractivity contribution is -0.119. The highest BCUT2D eigenvalue weighted by molar-refractivity contribution is 9.10. The molecule has 0 saturated carbocycles. The molecule has 0 saturated heterocycles. The van der Waals surface area contributed by atoms with Crippen LogP contribution in [-0.2, 0) is 9.59 Å². The molecule has 0 bridgehead atoms. The Balaban J connectivity index is 1.29. The van der Waals surface area contributed by atoms with E-state index in [1.807, 2.05) is 0 Å². The third-order valence-corrected chi connectivity index (χ3v) is 12.2. The molecule has 2 aromatic rings. The van der Waals surface area contributed by atoms with Crippen molar-refractivity contribution in [2.24, 2.45) is 0 Å². The maximum absolute atomic E-state index is 14.8. The maximum Gasteiger partial charge on any atom is 0.191 e. The van der Waals surface area contributed by atoms with Gasteiger partial charge >= 0.3 is 0 Å². The van der Waals surface area contributed by atoms with Crippen LogP contribution in [0, 0.1) is 0 Å². The van der Waals surface area contributed by atoms with E-state index in [1.54, 1.807) is 0 Å². The molecule has 3 aliphatic rings. The molecule has 4 heteroatoms. The zero-order valence-corrected chi connectivity index (χ0v) is 32.9. The summed E-state index contributed by atoms with van der Waals surface area (Å²) < 4.78 is 1.94. The number of hydrogen-bond donors (Lipinski definition) is 0. The fourth-order valence-corrected chi connectivity index (χ4v) is 9.35. The molecule has 5 rings (SSSR count). The first-order valence-corrected chi connectivity index (χ1v) is 21.2. The molecule has 0 N–H and O–H groups in total. The van der Waals surface area contributed by atoms with Crippen molar-refractivity contribution in [1.82, 2.24) is 0 Å². The quantitative estimate of drug-likeness (QED) is 0.112. The first-order valence-electron chi connectivity index (χ1n) is 19.6. The number of carbonyl (C=O) groups excluding carboxylic acids is 2. The lowest BCUT2D eigenvalue weighted by atomic mass is 9.74. The van der Waals surface area contributed by atoms with Gasteiger partial charge in [-0.15, -0.1) is 0 Å². The summed E-state index contributed by atoms with van der Waals surface area (Å²) in [5.41, 5.74) is 7.70. The Bertz CT molecular complexity index is 1480. The largest absolute Gasteiger partial charge is 0.293 e. The van der Waals surface area contributed by atoms with E-state index < -0.39 is 5.92 Å². The van der Waals surface area contributed by atoms with Gasteiger partial charge in [-0.1, -0.05) is 180 Å². The molecule has 0 radical (unpaired) electrons. The normalized spacial score (nSPS) is 18.1. The summed E-state index contributed by atoms with van der Waals surface area (Å²) in [7, 11) is 0. The lowest BCUT2D eigenvalue weighted by Crippen LogP contribution is -2.28. The second-order valence-electron chi connectivity index (χ2n) is 14.7. The summed E-state index contributed by atoms with van der Waals surface area (Å²) in [4.78, 5) is 29.5. The van der Waals surface area contributed by atoms with E-state index in [0.717, 1.165) is 68.0 Å². The molecule has 0 spiro atoms. The first kappa shape index (κ1) is 37.5. The van der Waals surface area contributed by atoms with Crippen LogP contribution in [0.25, 0.3) is 11.1 Å². The summed E-state index contributed by atoms with van der Waals surface area (Å²) in [6, 6.07) is 12.7. The van der Waals surface area contributed by atoms with E-state index in [4.69, 9.17) is 0 Å². The molecule has 0 fully saturated rings. The van der Waals surface area contributed by atoms with Crippen LogP contribution in [0.4, 0.5) is 0 Å². The highest BCUT2D eigenvalue weighted by Crippen LogP contribution is 2.57. The van der Waals surface area contributed by atoms with E-state index in [1.165, 1.54) is 121 Å². The molecule has 260 valence electrons. The minimum atomic E-state index is -0.463. The molecule has 3 aliphatic carbocycles. The number of allylic oxidation sites excluding steroid dienone is 4. The molecule has 2 aromatic carbocycles. The maximum atomic E-state index is 14.8. The van der Waals surface area contributed by atoms with Crippen molar-refractivity contribution < 1.29 is 9.59 Å². The van der Waals surface area contributed by atoms with Crippen molar-refractivity contribution in [2.45, 2.75) is 167 Å². The van der Waals surface area contributed by atoms with Crippen LogP contribution in [-0.4, -0.2) is 11.6 Å². The Kier molecular flexibility index (Phi) is 14.8. The Morgan fingerprint density at radius 1 is 0.542 bits per heavy atom. The number of ketones is 2. The second kappa shape index (κ2) is 19.0. The minimum Gasteiger partial charge on any atom is -0.293 e. The Labute approximate surface area is 308 Å². The van der Waals surface area contributed by atoms with Gasteiger partial charge in [0.15, 0.2) is 11.6 Å². The zero-order chi connectivity index (χ0) is 33.9. The number of rotatable bonds is 22. The standard InChI is InChI=1S/C44H58Br2O2/c1-3-5-7-9-11-13-15-17-19-21-23-35-33-27-25-31(45)29-37(33)41-39(35)43(47)42-38-30-32(46)26-28-34(38)36(40(42)44(41)48)24-22-20-18-16-14-12-10-8-6-4-2/h25-30,35,42H,3-24H2,1-2H3. The monoisotopic (exact) mass is 776 g/mol. The van der Waals surface area contributed by atoms with Crippen LogP contribution in [0.2, 0.25) is 0 Å². The number of Topliss-reactive ketones (excluding diaryl/α,β-unsaturated/α-hetero) is 2. The third-order valence-electron chi connectivity index (χ3n) is 11.2. The predicted octanol–water partition coefficient (Wildman–Crippen LogP) is 14.4. The molecular weight excluding hydrogens is 720 g/mol. The van der Waals surface area contributed by atoms with Gasteiger partial charge in [0.25, 0.3) is 0 Å². The highest BCUT2D eigenvalue weighted by atomic mass is 79.9. The van der Waals surface area contributed by atoms with Crippen LogP contribution in [0.5, 0.6) is 0 Å². The second-order valence-corrected chi connectivity index (χ2v) is 16.6. The van der Waals surface area contributed by atoms with Crippen molar-refractivity contribution in [2.75, 3.05) is 0 Å². The number of hydrogen-bond acceptors (Lipinski definition) is 2. The molecular formula is C44H58Br2O2. The number of benzene rings is 2. The topological polar surface area (TPSA) is 34.1 Å². The number of fused-ring (bicyclic) bond motifs is 5. The molecule has 0 amide bonds. The van der Waals surface area contributed by atoms with E-state index in [-0.39, 0.29) is 17.5 Å². The summed E-state index contributed by atoms with van der Waals surface area (Å²) in [6.07, 6.45) is 27.6. The zero-order valence-electron chi connectivity index (χ0n) is 29.7. The number of carbonyl (C=O) groups is 2. The molecule has 2 unspecified atom stereocenters. The number of unbranched alkanes of at least 4 members (excludes halogenated alkanes) is 18. The Morgan fingerprint density at radius 3 is 1.67 bits per heavy atom. The van der Waals surface area contributed by atoms with Gasteiger partial charge in [-0.3, -0.25) is 9.59 Å². The average Bonchev–Trinajstić information content (AvgIpc) is 3.58. The van der Waals surface area contributed by atoms with E-state index in [9.17, 15) is 9.59 Å².